The van der Waals surface area contributed by atoms with Crippen LogP contribution in [-0.4, -0.2) is 147 Å². The predicted octanol–water partition coefficient (Wildman–Crippen LogP) is 17.3. The van der Waals surface area contributed by atoms with Crippen LogP contribution in [0.4, 0.5) is 22.7 Å². The largest absolute Gasteiger partial charge is 0.455 e. The second-order valence-electron chi connectivity index (χ2n) is 31.8. The van der Waals surface area contributed by atoms with Crippen LogP contribution in [0, 0.1) is 37.0 Å². The fourth-order valence-electron chi connectivity index (χ4n) is 17.5. The average Bonchev–Trinajstić information content (AvgIpc) is 0.910. The van der Waals surface area contributed by atoms with E-state index in [1.165, 1.54) is 128 Å². The Morgan fingerprint density at radius 3 is 1.47 bits per heavy atom. The molecule has 116 heavy (non-hydrogen) atoms. The number of hydrogen-bond donors (Lipinski definition) is 4. The molecule has 4 aromatic heterocycles. The zero-order valence-electron chi connectivity index (χ0n) is 64.1. The van der Waals surface area contributed by atoms with Crippen LogP contribution in [0.3, 0.4) is 0 Å². The minimum Gasteiger partial charge on any atom is -0.455 e. The Balaban J connectivity index is 0.000000176. The fourth-order valence-corrected chi connectivity index (χ4v) is 19.8. The zero-order chi connectivity index (χ0) is 80.3. The van der Waals surface area contributed by atoms with Crippen LogP contribution < -0.4 is 28.7 Å². The molecule has 29 heteroatoms. The molecule has 2 saturated carbocycles. The van der Waals surface area contributed by atoms with Gasteiger partial charge in [0, 0.05) is 159 Å². The minimum atomic E-state index is -4.52. The number of anilines is 2. The number of nitrogens with one attached hydrogen (secondary N) is 4. The summed E-state index contributed by atoms with van der Waals surface area (Å²) in [5.74, 6) is -0.470. The Hall–Kier alpha value is -10.5. The third kappa shape index (κ3) is 18.0. The van der Waals surface area contributed by atoms with Gasteiger partial charge in [0.15, 0.2) is 0 Å². The molecule has 7 heterocycles. The zero-order valence-corrected chi connectivity index (χ0v) is 67.2. The molecule has 0 unspecified atom stereocenters. The Morgan fingerprint density at radius 1 is 0.552 bits per heavy atom. The van der Waals surface area contributed by atoms with Gasteiger partial charge in [-0.15, -0.1) is 0 Å². The number of H-pyrrole nitrogens is 2. The molecule has 10 aromatic rings. The number of halogens is 2. The average molecular weight is 1650 g/mol. The number of nitro groups is 2. The highest BCUT2D eigenvalue weighted by Gasteiger charge is 2.43. The smallest absolute Gasteiger partial charge is 0.273 e. The molecular weight excluding hydrogens is 1560 g/mol. The summed E-state index contributed by atoms with van der Waals surface area (Å²) in [5, 5.41) is 26.5. The first kappa shape index (κ1) is 79.3. The van der Waals surface area contributed by atoms with Gasteiger partial charge in [-0.2, -0.15) is 0 Å². The van der Waals surface area contributed by atoms with Crippen LogP contribution in [-0.2, 0) is 31.2 Å². The quantitative estimate of drug-likeness (QED) is 0.0341. The molecular formula is C87H90Cl2N12O13S2. The maximum Gasteiger partial charge on any atom is 0.273 e. The van der Waals surface area contributed by atoms with Gasteiger partial charge in [-0.05, 0) is 214 Å². The summed E-state index contributed by atoms with van der Waals surface area (Å²) >= 11 is 12.5. The first-order valence-electron chi connectivity index (χ1n) is 39.7. The third-order valence-electron chi connectivity index (χ3n) is 24.5. The molecule has 3 saturated heterocycles. The molecule has 3 aliphatic heterocycles. The summed E-state index contributed by atoms with van der Waals surface area (Å²) in [6, 6.07) is 42.4. The van der Waals surface area contributed by atoms with E-state index in [1.54, 1.807) is 60.9 Å². The molecule has 6 aromatic carbocycles. The molecule has 17 rings (SSSR count). The summed E-state index contributed by atoms with van der Waals surface area (Å²) in [4.78, 5) is 73.3. The van der Waals surface area contributed by atoms with Crippen molar-refractivity contribution in [3.05, 3.63) is 246 Å². The van der Waals surface area contributed by atoms with E-state index in [4.69, 9.17) is 37.4 Å². The maximum absolute atomic E-state index is 13.9. The molecule has 4 aliphatic carbocycles. The number of pyridine rings is 2. The van der Waals surface area contributed by atoms with Gasteiger partial charge in [0.1, 0.15) is 34.3 Å². The number of benzene rings is 6. The van der Waals surface area contributed by atoms with Gasteiger partial charge in [0.25, 0.3) is 43.2 Å². The van der Waals surface area contributed by atoms with E-state index in [1.807, 2.05) is 36.4 Å². The van der Waals surface area contributed by atoms with E-state index in [9.17, 15) is 46.7 Å². The van der Waals surface area contributed by atoms with Gasteiger partial charge in [0.2, 0.25) is 0 Å². The number of rotatable bonds is 23. The number of sulfonamides is 2. The minimum absolute atomic E-state index is 0.0177. The van der Waals surface area contributed by atoms with E-state index < -0.39 is 52.3 Å². The van der Waals surface area contributed by atoms with Crippen molar-refractivity contribution in [1.29, 1.82) is 0 Å². The Labute approximate surface area is 682 Å². The highest BCUT2D eigenvalue weighted by molar-refractivity contribution is 7.90. The molecule has 4 N–H and O–H groups in total. The number of hydrogen-bond acceptors (Lipinski definition) is 19. The number of ether oxygens (including phenoxy) is 3. The van der Waals surface area contributed by atoms with E-state index in [-0.39, 0.29) is 33.2 Å². The summed E-state index contributed by atoms with van der Waals surface area (Å²) in [6.45, 7) is 9.52. The van der Waals surface area contributed by atoms with Crippen molar-refractivity contribution in [2.24, 2.45) is 16.7 Å². The van der Waals surface area contributed by atoms with Crippen LogP contribution in [0.15, 0.2) is 197 Å². The standard InChI is InChI=1S/C47H51ClN6O7S.C40H39ClN6O6S/c48-37-7-4-33(5-8-37)42-29-47(16-1-17-47)18-12-36(42)31-52-20-22-53(23-21-52)38-9-11-41(44(27-38)61-39-26-35-13-19-49-45(35)50-30-39)46(55)51-62(58,59)40-10-6-34(43(28-40)54(56)57)3-2-32-14-24-60-25-15-32;41-30-7-5-27(6-8-30)36-24-40(13-2-14-40)15-11-29(36)26-45-17-19-46(20-18-45)31-9-10-35(37(23-31)53-33-21-28-12-16-42-38(28)43-25-33)39(48)44-54(51,52)34-4-1-3-32(22-34)47(49)50/h4-11,13,19,26-28,30,32H,1-3,12,14-18,20-25,29,31H2,(H,49,50)(H,51,55);1,3-10,12,16,21-23,25H,2,11,13-15,17-20,24,26H2,(H,42,43)(H,44,48). The monoisotopic (exact) mass is 1640 g/mol. The second-order valence-corrected chi connectivity index (χ2v) is 36.0. The Bertz CT molecular complexity index is 5690. The van der Waals surface area contributed by atoms with Crippen molar-refractivity contribution in [3.8, 4) is 23.0 Å². The number of aromatic amines is 2. The summed E-state index contributed by atoms with van der Waals surface area (Å²) in [6.07, 6.45) is 24.4. The van der Waals surface area contributed by atoms with E-state index in [2.05, 4.69) is 73.2 Å². The predicted molar refractivity (Wildman–Crippen MR) is 447 cm³/mol. The number of fused-ring (bicyclic) bond motifs is 2. The molecule has 2 amide bonds. The van der Waals surface area contributed by atoms with Gasteiger partial charge in [-0.25, -0.2) is 36.2 Å². The van der Waals surface area contributed by atoms with Crippen molar-refractivity contribution in [3.63, 3.8) is 0 Å². The van der Waals surface area contributed by atoms with E-state index in [0.717, 1.165) is 155 Å². The van der Waals surface area contributed by atoms with Gasteiger partial charge in [-0.1, -0.05) is 83.6 Å². The highest BCUT2D eigenvalue weighted by atomic mass is 35.5. The Morgan fingerprint density at radius 2 is 1.03 bits per heavy atom. The molecule has 2 spiro atoms. The molecule has 5 fully saturated rings. The number of carbonyl (C=O) groups excluding carboxylic acids is 2. The highest BCUT2D eigenvalue weighted by Crippen LogP contribution is 2.57. The van der Waals surface area contributed by atoms with Crippen molar-refractivity contribution in [2.45, 2.75) is 113 Å². The van der Waals surface area contributed by atoms with E-state index in [0.29, 0.717) is 64.7 Å². The van der Waals surface area contributed by atoms with Gasteiger partial charge < -0.3 is 34.0 Å². The van der Waals surface area contributed by atoms with E-state index >= 15 is 0 Å². The normalized spacial score (nSPS) is 18.0. The number of piperazine rings is 2. The molecule has 7 aliphatic rings. The lowest BCUT2D eigenvalue weighted by Gasteiger charge is -2.47. The number of aryl methyl sites for hydroxylation is 1. The third-order valence-corrected chi connectivity index (χ3v) is 27.7. The van der Waals surface area contributed by atoms with Gasteiger partial charge >= 0.3 is 0 Å². The fraction of sp³-hybridized carbons (Fsp3) is 0.356. The summed E-state index contributed by atoms with van der Waals surface area (Å²) in [7, 11) is -8.98. The number of aromatic nitrogens is 4. The van der Waals surface area contributed by atoms with Gasteiger partial charge in [-0.3, -0.25) is 39.6 Å². The van der Waals surface area contributed by atoms with Crippen LogP contribution >= 0.6 is 23.2 Å². The summed E-state index contributed by atoms with van der Waals surface area (Å²) in [5.41, 5.74) is 12.1. The number of non-ortho nitro benzene ring substituents is 1. The summed E-state index contributed by atoms with van der Waals surface area (Å²) < 4.78 is 76.0. The van der Waals surface area contributed by atoms with Crippen molar-refractivity contribution < 1.29 is 50.5 Å². The van der Waals surface area contributed by atoms with Crippen LogP contribution in [0.25, 0.3) is 33.2 Å². The first-order chi connectivity index (χ1) is 56.0. The number of carbonyl (C=O) groups is 2. The molecule has 602 valence electrons. The SMILES string of the molecule is O=C(NS(=O)(=O)c1ccc(CCC2CCOCC2)c([N+](=O)[O-])c1)c1ccc(N2CCN(CC3=C(c4ccc(Cl)cc4)CC4(CCC4)CC3)CC2)cc1Oc1cnc2[nH]ccc2c1.O=C(NS(=O)(=O)c1cccc([N+](=O)[O-])c1)c1ccc(N2CCN(CC3=C(c4ccc(Cl)cc4)CC4(CCC4)CC3)CC2)cc1Oc1cnc2[nH]ccc2c1. The number of nitrogens with zero attached hydrogens (tertiary/aromatic N) is 8. The number of nitro benzene ring substituents is 2. The number of amides is 2. The molecule has 0 atom stereocenters. The van der Waals surface area contributed by atoms with Crippen molar-refractivity contribution in [1.82, 2.24) is 39.2 Å². The van der Waals surface area contributed by atoms with Crippen LogP contribution in [0.1, 0.15) is 134 Å². The molecule has 25 nitrogen and oxygen atoms in total. The lowest BCUT2D eigenvalue weighted by atomic mass is 9.59. The van der Waals surface area contributed by atoms with Crippen LogP contribution in [0.2, 0.25) is 10.0 Å². The molecule has 0 radical (unpaired) electrons. The maximum atomic E-state index is 13.9. The first-order valence-corrected chi connectivity index (χ1v) is 43.4. The molecule has 0 bridgehead atoms. The lowest BCUT2D eigenvalue weighted by Crippen LogP contribution is -2.47. The van der Waals surface area contributed by atoms with Gasteiger partial charge in [0.05, 0.1) is 43.2 Å². The Kier molecular flexibility index (Phi) is 23.2. The van der Waals surface area contributed by atoms with Crippen molar-refractivity contribution >= 4 is 111 Å². The van der Waals surface area contributed by atoms with Crippen molar-refractivity contribution in [2.75, 3.05) is 88.5 Å². The topological polar surface area (TPSA) is 311 Å². The lowest BCUT2D eigenvalue weighted by molar-refractivity contribution is -0.385. The van der Waals surface area contributed by atoms with Crippen LogP contribution in [0.5, 0.6) is 23.0 Å². The number of allylic oxidation sites excluding steroid dienone is 2. The second kappa shape index (κ2) is 34.0.